The van der Waals surface area contributed by atoms with E-state index in [0.717, 1.165) is 48.2 Å². The molecule has 0 saturated carbocycles. The van der Waals surface area contributed by atoms with E-state index >= 15 is 0 Å². The Hall–Kier alpha value is -1.57. The minimum atomic E-state index is -0.105. The fourth-order valence-electron chi connectivity index (χ4n) is 3.56. The molecule has 6 nitrogen and oxygen atoms in total. The Morgan fingerprint density at radius 2 is 2.38 bits per heavy atom. The van der Waals surface area contributed by atoms with Crippen LogP contribution >= 0.6 is 11.3 Å². The minimum absolute atomic E-state index is 0.105. The smallest absolute Gasteiger partial charge is 0.208 e. The number of nitrogens with zero attached hydrogens (tertiary/aromatic N) is 4. The quantitative estimate of drug-likeness (QED) is 0.848. The second-order valence-corrected chi connectivity index (χ2v) is 7.74. The highest BCUT2D eigenvalue weighted by Crippen LogP contribution is 2.38. The lowest BCUT2D eigenvalue weighted by molar-refractivity contribution is -0.0138. The van der Waals surface area contributed by atoms with Gasteiger partial charge in [-0.15, -0.1) is 10.2 Å². The highest BCUT2D eigenvalue weighted by molar-refractivity contribution is 7.15. The van der Waals surface area contributed by atoms with Crippen molar-refractivity contribution in [1.82, 2.24) is 15.2 Å². The average molecular weight is 346 g/mol. The van der Waals surface area contributed by atoms with Crippen LogP contribution in [0.25, 0.3) is 0 Å². The normalized spacial score (nSPS) is 27.0. The third-order valence-corrected chi connectivity index (χ3v) is 5.59. The molecule has 0 radical (unpaired) electrons. The number of ether oxygens (including phenoxy) is 2. The number of aromatic nitrogens is 3. The summed E-state index contributed by atoms with van der Waals surface area (Å²) in [6.45, 7) is 5.11. The molecule has 1 spiro atoms. The lowest BCUT2D eigenvalue weighted by Crippen LogP contribution is -2.48. The second-order valence-electron chi connectivity index (χ2n) is 6.58. The van der Waals surface area contributed by atoms with Crippen molar-refractivity contribution in [2.24, 2.45) is 0 Å². The van der Waals surface area contributed by atoms with E-state index in [9.17, 15) is 0 Å². The van der Waals surface area contributed by atoms with Gasteiger partial charge in [0.2, 0.25) is 5.13 Å². The first kappa shape index (κ1) is 15.9. The van der Waals surface area contributed by atoms with Gasteiger partial charge < -0.3 is 14.4 Å². The molecule has 2 atom stereocenters. The highest BCUT2D eigenvalue weighted by Gasteiger charge is 2.44. The van der Waals surface area contributed by atoms with Gasteiger partial charge in [0.1, 0.15) is 5.01 Å². The number of piperidine rings is 1. The summed E-state index contributed by atoms with van der Waals surface area (Å²) >= 11 is 1.65. The first-order chi connectivity index (χ1) is 11.7. The molecule has 2 aromatic heterocycles. The summed E-state index contributed by atoms with van der Waals surface area (Å²) in [7, 11) is 0. The first-order valence-electron chi connectivity index (χ1n) is 8.43. The van der Waals surface area contributed by atoms with Crippen molar-refractivity contribution < 1.29 is 9.47 Å². The SMILES string of the molecule is Cc1nnc(N2CCC[C@]3(C[C@H](OCc4ccccn4)CO3)C2)s1. The maximum atomic E-state index is 6.21. The molecule has 0 aliphatic carbocycles. The molecule has 0 N–H and O–H groups in total. The van der Waals surface area contributed by atoms with Crippen molar-refractivity contribution in [3.8, 4) is 0 Å². The van der Waals surface area contributed by atoms with E-state index in [1.54, 1.807) is 17.5 Å². The van der Waals surface area contributed by atoms with E-state index in [4.69, 9.17) is 9.47 Å². The molecular weight excluding hydrogens is 324 g/mol. The molecule has 7 heteroatoms. The molecule has 0 unspecified atom stereocenters. The lowest BCUT2D eigenvalue weighted by atomic mass is 9.89. The fraction of sp³-hybridized carbons (Fsp3) is 0.588. The predicted octanol–water partition coefficient (Wildman–Crippen LogP) is 2.59. The molecule has 128 valence electrons. The third-order valence-electron chi connectivity index (χ3n) is 4.69. The van der Waals surface area contributed by atoms with Gasteiger partial charge in [0.05, 0.1) is 30.6 Å². The van der Waals surface area contributed by atoms with Gasteiger partial charge >= 0.3 is 0 Å². The zero-order valence-electron chi connectivity index (χ0n) is 13.9. The molecule has 24 heavy (non-hydrogen) atoms. The summed E-state index contributed by atoms with van der Waals surface area (Å²) in [6.07, 6.45) is 5.09. The van der Waals surface area contributed by atoms with Crippen LogP contribution < -0.4 is 4.90 Å². The Balaban J connectivity index is 1.36. The van der Waals surface area contributed by atoms with E-state index in [2.05, 4.69) is 20.1 Å². The van der Waals surface area contributed by atoms with E-state index in [0.29, 0.717) is 13.2 Å². The number of hydrogen-bond acceptors (Lipinski definition) is 7. The molecule has 4 heterocycles. The zero-order chi connectivity index (χ0) is 16.4. The van der Waals surface area contributed by atoms with Gasteiger partial charge in [0.15, 0.2) is 0 Å². The van der Waals surface area contributed by atoms with E-state index < -0.39 is 0 Å². The van der Waals surface area contributed by atoms with Gasteiger partial charge in [-0.25, -0.2) is 0 Å². The number of rotatable bonds is 4. The van der Waals surface area contributed by atoms with Crippen molar-refractivity contribution in [2.75, 3.05) is 24.6 Å². The number of hydrogen-bond donors (Lipinski definition) is 0. The molecular formula is C17H22N4O2S. The maximum Gasteiger partial charge on any atom is 0.208 e. The van der Waals surface area contributed by atoms with Crippen LogP contribution in [0.2, 0.25) is 0 Å². The monoisotopic (exact) mass is 346 g/mol. The first-order valence-corrected chi connectivity index (χ1v) is 9.25. The van der Waals surface area contributed by atoms with Gasteiger partial charge in [0.25, 0.3) is 0 Å². The van der Waals surface area contributed by atoms with Crippen LogP contribution in [-0.4, -0.2) is 46.6 Å². The highest BCUT2D eigenvalue weighted by atomic mass is 32.1. The molecule has 0 aromatic carbocycles. The van der Waals surface area contributed by atoms with Crippen LogP contribution in [0.15, 0.2) is 24.4 Å². The standard InChI is InChI=1S/C17H22N4O2S/c1-13-19-20-16(24-13)21-8-4-6-17(12-21)9-15(11-23-17)22-10-14-5-2-3-7-18-14/h2-3,5,7,15H,4,6,8-12H2,1H3/t15-,17-/m0/s1. The van der Waals surface area contributed by atoms with Crippen molar-refractivity contribution in [3.05, 3.63) is 35.1 Å². The second kappa shape index (κ2) is 6.74. The number of pyridine rings is 1. The summed E-state index contributed by atoms with van der Waals surface area (Å²) in [5, 5.41) is 10.4. The summed E-state index contributed by atoms with van der Waals surface area (Å²) < 4.78 is 12.2. The van der Waals surface area contributed by atoms with Gasteiger partial charge in [0, 0.05) is 25.7 Å². The molecule has 2 aromatic rings. The van der Waals surface area contributed by atoms with Crippen LogP contribution in [0.4, 0.5) is 5.13 Å². The Morgan fingerprint density at radius 1 is 1.42 bits per heavy atom. The van der Waals surface area contributed by atoms with Gasteiger partial charge in [-0.2, -0.15) is 0 Å². The summed E-state index contributed by atoms with van der Waals surface area (Å²) in [5.74, 6) is 0. The Labute approximate surface area is 145 Å². The van der Waals surface area contributed by atoms with E-state index in [1.807, 2.05) is 25.1 Å². The van der Waals surface area contributed by atoms with Gasteiger partial charge in [-0.05, 0) is 31.9 Å². The van der Waals surface area contributed by atoms with Crippen molar-refractivity contribution in [2.45, 2.75) is 44.5 Å². The Kier molecular flexibility index (Phi) is 4.47. The summed E-state index contributed by atoms with van der Waals surface area (Å²) in [6, 6.07) is 5.90. The number of anilines is 1. The molecule has 4 rings (SSSR count). The largest absolute Gasteiger partial charge is 0.370 e. The number of aryl methyl sites for hydroxylation is 1. The fourth-order valence-corrected chi connectivity index (χ4v) is 4.27. The van der Waals surface area contributed by atoms with Crippen molar-refractivity contribution >= 4 is 16.5 Å². The van der Waals surface area contributed by atoms with Crippen LogP contribution in [0, 0.1) is 6.92 Å². The van der Waals surface area contributed by atoms with Crippen molar-refractivity contribution in [1.29, 1.82) is 0 Å². The molecule has 2 fully saturated rings. The Morgan fingerprint density at radius 3 is 3.17 bits per heavy atom. The van der Waals surface area contributed by atoms with Crippen LogP contribution in [-0.2, 0) is 16.1 Å². The van der Waals surface area contributed by atoms with Crippen LogP contribution in [0.1, 0.15) is 30.0 Å². The van der Waals surface area contributed by atoms with Crippen LogP contribution in [0.5, 0.6) is 0 Å². The minimum Gasteiger partial charge on any atom is -0.370 e. The summed E-state index contributed by atoms with van der Waals surface area (Å²) in [5.41, 5.74) is 0.861. The van der Waals surface area contributed by atoms with E-state index in [1.165, 1.54) is 0 Å². The van der Waals surface area contributed by atoms with Crippen LogP contribution in [0.3, 0.4) is 0 Å². The lowest BCUT2D eigenvalue weighted by Gasteiger charge is -2.39. The van der Waals surface area contributed by atoms with E-state index in [-0.39, 0.29) is 11.7 Å². The topological polar surface area (TPSA) is 60.4 Å². The molecule has 0 amide bonds. The molecule has 2 aliphatic rings. The predicted molar refractivity (Wildman–Crippen MR) is 92.2 cm³/mol. The third kappa shape index (κ3) is 3.43. The van der Waals surface area contributed by atoms with Gasteiger partial charge in [-0.3, -0.25) is 4.98 Å². The molecule has 0 bridgehead atoms. The maximum absolute atomic E-state index is 6.21. The average Bonchev–Trinajstić information content (AvgIpc) is 3.21. The Bertz CT molecular complexity index is 680. The molecule has 2 saturated heterocycles. The van der Waals surface area contributed by atoms with Gasteiger partial charge in [-0.1, -0.05) is 17.4 Å². The molecule has 2 aliphatic heterocycles. The van der Waals surface area contributed by atoms with Crippen molar-refractivity contribution in [3.63, 3.8) is 0 Å². The zero-order valence-corrected chi connectivity index (χ0v) is 14.7. The summed E-state index contributed by atoms with van der Waals surface area (Å²) in [4.78, 5) is 6.62.